The van der Waals surface area contributed by atoms with Crippen molar-refractivity contribution >= 4 is 0 Å². The predicted octanol–water partition coefficient (Wildman–Crippen LogP) is 0.0750. The Morgan fingerprint density at radius 2 is 2.00 bits per heavy atom. The van der Waals surface area contributed by atoms with Crippen LogP contribution in [0, 0.1) is 7.05 Å². The Hall–Kier alpha value is -0.860. The molecule has 3 N–H and O–H groups in total. The lowest BCUT2D eigenvalue weighted by atomic mass is 10.1. The number of aliphatic hydroxyl groups excluding tert-OH is 1. The smallest absolute Gasteiger partial charge is 0.111 e. The van der Waals surface area contributed by atoms with E-state index in [0.29, 0.717) is 0 Å². The van der Waals surface area contributed by atoms with Crippen molar-refractivity contribution in [3.63, 3.8) is 0 Å². The molecular formula is C9H13NO. The van der Waals surface area contributed by atoms with Crippen molar-refractivity contribution in [1.82, 2.24) is 0 Å². The molecule has 0 aliphatic carbocycles. The van der Waals surface area contributed by atoms with Gasteiger partial charge in [0, 0.05) is 5.56 Å². The van der Waals surface area contributed by atoms with Crippen LogP contribution >= 0.6 is 0 Å². The van der Waals surface area contributed by atoms with Gasteiger partial charge in [0.1, 0.15) is 6.04 Å². The van der Waals surface area contributed by atoms with Crippen molar-refractivity contribution in [3.05, 3.63) is 42.9 Å². The molecule has 0 heterocycles. The summed E-state index contributed by atoms with van der Waals surface area (Å²) in [5.41, 5.74) is 1.12. The van der Waals surface area contributed by atoms with Gasteiger partial charge in [0.25, 0.3) is 0 Å². The first-order valence-electron chi connectivity index (χ1n) is 3.67. The predicted molar refractivity (Wildman–Crippen MR) is 43.6 cm³/mol. The van der Waals surface area contributed by atoms with Crippen molar-refractivity contribution in [3.8, 4) is 0 Å². The molecule has 0 saturated heterocycles. The van der Waals surface area contributed by atoms with Crippen molar-refractivity contribution in [2.45, 2.75) is 6.04 Å². The van der Waals surface area contributed by atoms with E-state index in [-0.39, 0.29) is 12.6 Å². The SMILES string of the molecule is [CH2-][NH2+]C(CO)c1ccccc1. The van der Waals surface area contributed by atoms with Gasteiger partial charge in [-0.3, -0.25) is 0 Å². The van der Waals surface area contributed by atoms with Gasteiger partial charge >= 0.3 is 0 Å². The Balaban J connectivity index is 2.74. The fourth-order valence-electron chi connectivity index (χ4n) is 1.02. The van der Waals surface area contributed by atoms with E-state index in [1.165, 1.54) is 0 Å². The highest BCUT2D eigenvalue weighted by atomic mass is 16.3. The Morgan fingerprint density at radius 3 is 2.45 bits per heavy atom. The van der Waals surface area contributed by atoms with Crippen molar-refractivity contribution in [2.75, 3.05) is 6.61 Å². The molecule has 0 aromatic heterocycles. The molecule has 1 atom stereocenters. The van der Waals surface area contributed by atoms with Crippen LogP contribution in [0.5, 0.6) is 0 Å². The summed E-state index contributed by atoms with van der Waals surface area (Å²) in [5, 5.41) is 10.7. The van der Waals surface area contributed by atoms with Gasteiger partial charge in [0.2, 0.25) is 0 Å². The average molecular weight is 151 g/mol. The Morgan fingerprint density at radius 1 is 1.36 bits per heavy atom. The molecule has 11 heavy (non-hydrogen) atoms. The van der Waals surface area contributed by atoms with Crippen LogP contribution in [0.3, 0.4) is 0 Å². The summed E-state index contributed by atoms with van der Waals surface area (Å²) in [6.07, 6.45) is 0. The van der Waals surface area contributed by atoms with Crippen molar-refractivity contribution < 1.29 is 10.4 Å². The summed E-state index contributed by atoms with van der Waals surface area (Å²) in [7, 11) is 3.65. The van der Waals surface area contributed by atoms with E-state index in [1.54, 1.807) is 5.32 Å². The van der Waals surface area contributed by atoms with Crippen LogP contribution in [0.25, 0.3) is 0 Å². The summed E-state index contributed by atoms with van der Waals surface area (Å²) in [4.78, 5) is 0. The van der Waals surface area contributed by atoms with Gasteiger partial charge in [-0.25, -0.2) is 0 Å². The quantitative estimate of drug-likeness (QED) is 0.589. The number of benzene rings is 1. The molecule has 0 aliphatic rings. The highest BCUT2D eigenvalue weighted by molar-refractivity contribution is 5.16. The highest BCUT2D eigenvalue weighted by Crippen LogP contribution is 2.06. The maximum atomic E-state index is 8.91. The summed E-state index contributed by atoms with van der Waals surface area (Å²) >= 11 is 0. The monoisotopic (exact) mass is 151 g/mol. The molecule has 1 aromatic carbocycles. The molecule has 1 aromatic rings. The van der Waals surface area contributed by atoms with Crippen LogP contribution in [-0.2, 0) is 0 Å². The molecule has 2 heteroatoms. The molecular weight excluding hydrogens is 138 g/mol. The van der Waals surface area contributed by atoms with E-state index in [2.05, 4.69) is 7.05 Å². The minimum atomic E-state index is 0.0798. The largest absolute Gasteiger partial charge is 0.471 e. The fourth-order valence-corrected chi connectivity index (χ4v) is 1.02. The molecule has 0 fully saturated rings. The third kappa shape index (κ3) is 2.03. The first-order valence-corrected chi connectivity index (χ1v) is 3.67. The van der Waals surface area contributed by atoms with Crippen LogP contribution in [0.2, 0.25) is 0 Å². The summed E-state index contributed by atoms with van der Waals surface area (Å²) in [6.45, 7) is 0.132. The molecule has 1 rings (SSSR count). The van der Waals surface area contributed by atoms with Crippen LogP contribution in [0.15, 0.2) is 30.3 Å². The van der Waals surface area contributed by atoms with Gasteiger partial charge in [0.15, 0.2) is 0 Å². The summed E-state index contributed by atoms with van der Waals surface area (Å²) < 4.78 is 0. The van der Waals surface area contributed by atoms with E-state index < -0.39 is 0 Å². The van der Waals surface area contributed by atoms with Gasteiger partial charge in [-0.05, 0) is 0 Å². The lowest BCUT2D eigenvalue weighted by Gasteiger charge is -2.13. The second kappa shape index (κ2) is 4.11. The number of hydrogen-bond donors (Lipinski definition) is 2. The van der Waals surface area contributed by atoms with Crippen LogP contribution in [0.1, 0.15) is 11.6 Å². The zero-order valence-corrected chi connectivity index (χ0v) is 6.40. The van der Waals surface area contributed by atoms with Crippen LogP contribution in [-0.4, -0.2) is 11.7 Å². The molecule has 60 valence electrons. The van der Waals surface area contributed by atoms with Gasteiger partial charge in [-0.1, -0.05) is 30.3 Å². The average Bonchev–Trinajstić information content (AvgIpc) is 2.09. The second-order valence-corrected chi connectivity index (χ2v) is 2.44. The highest BCUT2D eigenvalue weighted by Gasteiger charge is 2.06. The minimum Gasteiger partial charge on any atom is -0.471 e. The van der Waals surface area contributed by atoms with E-state index in [4.69, 9.17) is 5.11 Å². The maximum absolute atomic E-state index is 8.91. The number of quaternary nitrogens is 1. The molecule has 1 unspecified atom stereocenters. The van der Waals surface area contributed by atoms with Gasteiger partial charge < -0.3 is 10.4 Å². The summed E-state index contributed by atoms with van der Waals surface area (Å²) in [5.74, 6) is 0. The van der Waals surface area contributed by atoms with E-state index in [9.17, 15) is 0 Å². The van der Waals surface area contributed by atoms with Gasteiger partial charge in [0.05, 0.1) is 6.61 Å². The number of nitrogens with two attached hydrogens (primary N) is 1. The first kappa shape index (κ1) is 8.24. The third-order valence-electron chi connectivity index (χ3n) is 1.71. The molecule has 0 amide bonds. The first-order chi connectivity index (χ1) is 5.38. The van der Waals surface area contributed by atoms with Gasteiger partial charge in [-0.2, -0.15) is 7.05 Å². The van der Waals surface area contributed by atoms with Crippen LogP contribution in [0.4, 0.5) is 0 Å². The molecule has 0 saturated carbocycles. The standard InChI is InChI=1S/C9H13NO/c1-10-9(7-11)8-5-3-2-4-6-8/h2-6,9,11H,1,7,10H2. The molecule has 0 bridgehead atoms. The summed E-state index contributed by atoms with van der Waals surface area (Å²) in [6, 6.07) is 9.94. The van der Waals surface area contributed by atoms with Crippen molar-refractivity contribution in [2.24, 2.45) is 0 Å². The molecule has 0 radical (unpaired) electrons. The molecule has 2 nitrogen and oxygen atoms in total. The number of aliphatic hydroxyl groups is 1. The zero-order chi connectivity index (χ0) is 8.10. The molecule has 0 spiro atoms. The van der Waals surface area contributed by atoms with Crippen molar-refractivity contribution in [1.29, 1.82) is 0 Å². The normalized spacial score (nSPS) is 12.9. The number of hydrogen-bond acceptors (Lipinski definition) is 1. The fraction of sp³-hybridized carbons (Fsp3) is 0.222. The Bertz CT molecular complexity index is 194. The maximum Gasteiger partial charge on any atom is 0.111 e. The Labute approximate surface area is 66.9 Å². The van der Waals surface area contributed by atoms with E-state index in [0.717, 1.165) is 5.56 Å². The Kier molecular flexibility index (Phi) is 3.08. The molecule has 0 aliphatic heterocycles. The zero-order valence-electron chi connectivity index (χ0n) is 6.40. The van der Waals surface area contributed by atoms with Crippen LogP contribution < -0.4 is 5.32 Å². The van der Waals surface area contributed by atoms with E-state index in [1.807, 2.05) is 30.3 Å². The number of rotatable bonds is 3. The van der Waals surface area contributed by atoms with E-state index >= 15 is 0 Å². The topological polar surface area (TPSA) is 36.8 Å². The lowest BCUT2D eigenvalue weighted by Crippen LogP contribution is -2.79. The second-order valence-electron chi connectivity index (χ2n) is 2.44. The van der Waals surface area contributed by atoms with Gasteiger partial charge in [-0.15, -0.1) is 0 Å². The minimum absolute atomic E-state index is 0.0798. The third-order valence-corrected chi connectivity index (χ3v) is 1.71. The lowest BCUT2D eigenvalue weighted by molar-refractivity contribution is -0.643.